The van der Waals surface area contributed by atoms with Crippen molar-refractivity contribution in [2.75, 3.05) is 6.54 Å². The van der Waals surface area contributed by atoms with Crippen LogP contribution in [-0.2, 0) is 11.2 Å². The fourth-order valence-corrected chi connectivity index (χ4v) is 3.93. The van der Waals surface area contributed by atoms with Crippen LogP contribution in [-0.4, -0.2) is 37.5 Å². The average Bonchev–Trinajstić information content (AvgIpc) is 3.20. The second-order valence-corrected chi connectivity index (χ2v) is 8.07. The lowest BCUT2D eigenvalue weighted by molar-refractivity contribution is -0.120. The average molecular weight is 422 g/mol. The zero-order chi connectivity index (χ0) is 20.9. The number of carbonyl (C=O) groups excluding carboxylic acids is 1. The molecule has 4 rings (SSSR count). The summed E-state index contributed by atoms with van der Waals surface area (Å²) < 4.78 is 14.8. The molecule has 30 heavy (non-hydrogen) atoms. The number of nitrogens with one attached hydrogen (secondary N) is 1. The Bertz CT molecular complexity index is 1150. The normalized spacial score (nSPS) is 12.1. The Kier molecular flexibility index (Phi) is 6.04. The second kappa shape index (κ2) is 9.04. The third-order valence-corrected chi connectivity index (χ3v) is 5.73. The minimum absolute atomic E-state index is 0.0476. The van der Waals surface area contributed by atoms with Crippen molar-refractivity contribution in [2.24, 2.45) is 0 Å². The van der Waals surface area contributed by atoms with Crippen molar-refractivity contribution in [1.29, 1.82) is 0 Å². The van der Waals surface area contributed by atoms with E-state index in [-0.39, 0.29) is 17.0 Å². The molecule has 6 nitrogen and oxygen atoms in total. The van der Waals surface area contributed by atoms with Gasteiger partial charge in [-0.25, -0.2) is 19.0 Å². The number of amides is 1. The molecule has 0 saturated heterocycles. The van der Waals surface area contributed by atoms with Gasteiger partial charge in [0.2, 0.25) is 5.91 Å². The van der Waals surface area contributed by atoms with E-state index in [4.69, 9.17) is 0 Å². The third-order valence-electron chi connectivity index (χ3n) is 4.61. The van der Waals surface area contributed by atoms with Gasteiger partial charge in [0.1, 0.15) is 17.2 Å². The van der Waals surface area contributed by atoms with E-state index >= 15 is 0 Å². The molecule has 1 amide bonds. The molecule has 8 heteroatoms. The van der Waals surface area contributed by atoms with Gasteiger partial charge in [0, 0.05) is 6.54 Å². The number of carbonyl (C=O) groups is 1. The molecule has 0 aliphatic heterocycles. The van der Waals surface area contributed by atoms with Crippen molar-refractivity contribution in [3.63, 3.8) is 0 Å². The first-order valence-electron chi connectivity index (χ1n) is 9.55. The number of rotatable bonds is 7. The molecule has 4 aromatic rings. The predicted octanol–water partition coefficient (Wildman–Crippen LogP) is 3.79. The molecule has 1 atom stereocenters. The molecular formula is C22H20FN5OS. The Labute approximate surface area is 177 Å². The number of fused-ring (bicyclic) bond motifs is 1. The van der Waals surface area contributed by atoms with E-state index in [0.717, 1.165) is 11.8 Å². The summed E-state index contributed by atoms with van der Waals surface area (Å²) in [4.78, 5) is 21.2. The number of halogens is 1. The quantitative estimate of drug-likeness (QED) is 0.363. The minimum Gasteiger partial charge on any atom is -0.355 e. The Hall–Kier alpha value is -3.26. The highest BCUT2D eigenvalue weighted by molar-refractivity contribution is 8.00. The maximum atomic E-state index is 13.2. The maximum absolute atomic E-state index is 13.2. The molecule has 2 aromatic carbocycles. The van der Waals surface area contributed by atoms with Crippen LogP contribution in [0.4, 0.5) is 4.39 Å². The highest BCUT2D eigenvalue weighted by atomic mass is 32.2. The van der Waals surface area contributed by atoms with E-state index in [0.29, 0.717) is 22.9 Å². The van der Waals surface area contributed by atoms with Crippen LogP contribution < -0.4 is 5.32 Å². The van der Waals surface area contributed by atoms with Crippen molar-refractivity contribution < 1.29 is 9.18 Å². The molecular weight excluding hydrogens is 401 g/mol. The van der Waals surface area contributed by atoms with Crippen molar-refractivity contribution in [1.82, 2.24) is 25.1 Å². The molecule has 0 radical (unpaired) electrons. The lowest BCUT2D eigenvalue weighted by atomic mass is 10.1. The van der Waals surface area contributed by atoms with E-state index in [1.807, 2.05) is 37.3 Å². The van der Waals surface area contributed by atoms with Crippen LogP contribution in [0, 0.1) is 5.82 Å². The monoisotopic (exact) mass is 421 g/mol. The summed E-state index contributed by atoms with van der Waals surface area (Å²) in [6.07, 6.45) is 3.90. The molecule has 1 N–H and O–H groups in total. The number of thioether (sulfide) groups is 1. The number of hydrogen-bond donors (Lipinski definition) is 1. The van der Waals surface area contributed by atoms with Gasteiger partial charge < -0.3 is 5.32 Å². The van der Waals surface area contributed by atoms with Gasteiger partial charge >= 0.3 is 0 Å². The number of aromatic nitrogens is 4. The number of hydrogen-bond acceptors (Lipinski definition) is 5. The molecule has 0 spiro atoms. The van der Waals surface area contributed by atoms with Crippen molar-refractivity contribution in [2.45, 2.75) is 23.6 Å². The molecule has 0 saturated carbocycles. The Morgan fingerprint density at radius 3 is 2.67 bits per heavy atom. The highest BCUT2D eigenvalue weighted by Crippen LogP contribution is 2.28. The topological polar surface area (TPSA) is 72.7 Å². The summed E-state index contributed by atoms with van der Waals surface area (Å²) in [6.45, 7) is 2.43. The van der Waals surface area contributed by atoms with Gasteiger partial charge in [0.25, 0.3) is 0 Å². The van der Waals surface area contributed by atoms with Crippen molar-refractivity contribution in [3.05, 3.63) is 78.5 Å². The van der Waals surface area contributed by atoms with E-state index < -0.39 is 0 Å². The summed E-state index contributed by atoms with van der Waals surface area (Å²) in [5.41, 5.74) is 2.49. The van der Waals surface area contributed by atoms with Gasteiger partial charge in [0.05, 0.1) is 22.5 Å². The Balaban J connectivity index is 1.44. The molecule has 0 aliphatic carbocycles. The van der Waals surface area contributed by atoms with Crippen LogP contribution in [0.25, 0.3) is 16.7 Å². The second-order valence-electron chi connectivity index (χ2n) is 6.74. The SMILES string of the molecule is C[C@@H](Sc1ncnc2c1cnn2-c1ccc(F)cc1)C(=O)NCCc1ccccc1. The molecule has 0 aliphatic rings. The zero-order valence-electron chi connectivity index (χ0n) is 16.3. The summed E-state index contributed by atoms with van der Waals surface area (Å²) in [5.74, 6) is -0.359. The molecule has 152 valence electrons. The summed E-state index contributed by atoms with van der Waals surface area (Å²) in [5, 5.41) is 8.44. The first-order valence-corrected chi connectivity index (χ1v) is 10.4. The minimum atomic E-state index is -0.326. The standard InChI is InChI=1S/C22H20FN5OS/c1-15(21(29)24-12-11-16-5-3-2-4-6-16)30-22-19-13-27-28(20(19)25-14-26-22)18-9-7-17(23)8-10-18/h2-10,13-15H,11-12H2,1H3,(H,24,29)/t15-/m1/s1. The molecule has 0 unspecified atom stereocenters. The van der Waals surface area contributed by atoms with Crippen LogP contribution >= 0.6 is 11.8 Å². The van der Waals surface area contributed by atoms with Crippen LogP contribution in [0.5, 0.6) is 0 Å². The maximum Gasteiger partial charge on any atom is 0.233 e. The fraction of sp³-hybridized carbons (Fsp3) is 0.182. The summed E-state index contributed by atoms with van der Waals surface area (Å²) in [7, 11) is 0. The van der Waals surface area contributed by atoms with Crippen molar-refractivity contribution in [3.8, 4) is 5.69 Å². The first-order chi connectivity index (χ1) is 14.6. The van der Waals surface area contributed by atoms with Gasteiger partial charge in [-0.15, -0.1) is 0 Å². The molecule has 0 bridgehead atoms. The lowest BCUT2D eigenvalue weighted by Crippen LogP contribution is -2.32. The smallest absolute Gasteiger partial charge is 0.233 e. The Morgan fingerprint density at radius 1 is 1.13 bits per heavy atom. The van der Waals surface area contributed by atoms with Gasteiger partial charge in [-0.3, -0.25) is 4.79 Å². The largest absolute Gasteiger partial charge is 0.355 e. The summed E-state index contributed by atoms with van der Waals surface area (Å²) in [6, 6.07) is 16.1. The fourth-order valence-electron chi connectivity index (χ4n) is 3.03. The Morgan fingerprint density at radius 2 is 1.90 bits per heavy atom. The van der Waals surface area contributed by atoms with Crippen LogP contribution in [0.3, 0.4) is 0 Å². The zero-order valence-corrected chi connectivity index (χ0v) is 17.1. The summed E-state index contributed by atoms with van der Waals surface area (Å²) >= 11 is 1.36. The predicted molar refractivity (Wildman–Crippen MR) is 115 cm³/mol. The van der Waals surface area contributed by atoms with Gasteiger partial charge in [-0.05, 0) is 43.2 Å². The van der Waals surface area contributed by atoms with Gasteiger partial charge in [-0.2, -0.15) is 5.10 Å². The van der Waals surface area contributed by atoms with Gasteiger partial charge in [-0.1, -0.05) is 42.1 Å². The van der Waals surface area contributed by atoms with E-state index in [1.54, 1.807) is 23.0 Å². The highest BCUT2D eigenvalue weighted by Gasteiger charge is 2.18. The number of benzene rings is 2. The van der Waals surface area contributed by atoms with Gasteiger partial charge in [0.15, 0.2) is 5.65 Å². The number of nitrogens with zero attached hydrogens (tertiary/aromatic N) is 4. The van der Waals surface area contributed by atoms with E-state index in [9.17, 15) is 9.18 Å². The first kappa shape index (κ1) is 20.0. The molecule has 2 heterocycles. The third kappa shape index (κ3) is 4.49. The van der Waals surface area contributed by atoms with Crippen molar-refractivity contribution >= 4 is 28.7 Å². The molecule has 0 fully saturated rings. The van der Waals surface area contributed by atoms with Crippen LogP contribution in [0.1, 0.15) is 12.5 Å². The van der Waals surface area contributed by atoms with E-state index in [2.05, 4.69) is 20.4 Å². The van der Waals surface area contributed by atoms with Crippen LogP contribution in [0.15, 0.2) is 72.1 Å². The van der Waals surface area contributed by atoms with Crippen LogP contribution in [0.2, 0.25) is 0 Å². The van der Waals surface area contributed by atoms with E-state index in [1.165, 1.54) is 35.8 Å². The molecule has 2 aromatic heterocycles. The lowest BCUT2D eigenvalue weighted by Gasteiger charge is -2.12.